The average Bonchev–Trinajstić information content (AvgIpc) is 3.47. The van der Waals surface area contributed by atoms with Crippen LogP contribution in [0.3, 0.4) is 0 Å². The fraction of sp³-hybridized carbons (Fsp3) is 0.417. The predicted octanol–water partition coefficient (Wildman–Crippen LogP) is 2.86. The quantitative estimate of drug-likeness (QED) is 0.591. The van der Waals surface area contributed by atoms with E-state index < -0.39 is 10.0 Å². The average molecular weight is 455 g/mol. The van der Waals surface area contributed by atoms with Crippen molar-refractivity contribution in [1.29, 1.82) is 0 Å². The minimum Gasteiger partial charge on any atom is -0.380 e. The monoisotopic (exact) mass is 454 g/mol. The molecule has 1 atom stereocenters. The van der Waals surface area contributed by atoms with Gasteiger partial charge in [-0.3, -0.25) is 0 Å². The van der Waals surface area contributed by atoms with Gasteiger partial charge in [-0.1, -0.05) is 12.1 Å². The van der Waals surface area contributed by atoms with Gasteiger partial charge >= 0.3 is 0 Å². The fourth-order valence-electron chi connectivity index (χ4n) is 4.67. The maximum absolute atomic E-state index is 13.6. The molecular weight excluding hydrogens is 424 g/mol. The number of piperazine rings is 1. The van der Waals surface area contributed by atoms with E-state index in [0.29, 0.717) is 10.4 Å². The van der Waals surface area contributed by atoms with Crippen molar-refractivity contribution in [2.24, 2.45) is 0 Å². The summed E-state index contributed by atoms with van der Waals surface area (Å²) < 4.78 is 34.1. The van der Waals surface area contributed by atoms with E-state index in [0.717, 1.165) is 62.5 Å². The molecule has 0 amide bonds. The zero-order valence-corrected chi connectivity index (χ0v) is 19.5. The van der Waals surface area contributed by atoms with Gasteiger partial charge in [-0.15, -0.1) is 0 Å². The van der Waals surface area contributed by atoms with Gasteiger partial charge in [-0.2, -0.15) is 0 Å². The van der Waals surface area contributed by atoms with E-state index in [4.69, 9.17) is 4.74 Å². The van der Waals surface area contributed by atoms with Crippen LogP contribution in [0.2, 0.25) is 0 Å². The summed E-state index contributed by atoms with van der Waals surface area (Å²) in [4.78, 5) is 7.12. The predicted molar refractivity (Wildman–Crippen MR) is 128 cm³/mol. The Morgan fingerprint density at radius 2 is 1.69 bits per heavy atom. The van der Waals surface area contributed by atoms with Crippen LogP contribution in [0.1, 0.15) is 6.42 Å². The third kappa shape index (κ3) is 3.87. The van der Waals surface area contributed by atoms with E-state index in [9.17, 15) is 8.42 Å². The number of aromatic nitrogens is 1. The molecule has 2 saturated heterocycles. The number of methoxy groups -OCH3 is 1. The third-order valence-corrected chi connectivity index (χ3v) is 8.41. The highest BCUT2D eigenvalue weighted by Crippen LogP contribution is 2.29. The molecule has 2 fully saturated rings. The summed E-state index contributed by atoms with van der Waals surface area (Å²) in [6.45, 7) is 5.53. The molecule has 8 heteroatoms. The molecule has 5 rings (SSSR count). The molecule has 3 aromatic rings. The van der Waals surface area contributed by atoms with Gasteiger partial charge in [0.2, 0.25) is 0 Å². The molecule has 0 radical (unpaired) electrons. The van der Waals surface area contributed by atoms with Crippen LogP contribution in [0, 0.1) is 0 Å². The second-order valence-corrected chi connectivity index (χ2v) is 10.6. The highest BCUT2D eigenvalue weighted by atomic mass is 32.2. The lowest BCUT2D eigenvalue weighted by Gasteiger charge is -2.34. The zero-order chi connectivity index (χ0) is 22.3. The van der Waals surface area contributed by atoms with Crippen molar-refractivity contribution < 1.29 is 13.2 Å². The number of anilines is 2. The Bertz CT molecular complexity index is 1210. The number of hydrogen-bond acceptors (Lipinski definition) is 6. The van der Waals surface area contributed by atoms with Crippen LogP contribution in [0.4, 0.5) is 11.4 Å². The summed E-state index contributed by atoms with van der Waals surface area (Å²) in [6, 6.07) is 15.2. The molecule has 2 aliphatic heterocycles. The number of benzene rings is 2. The molecule has 3 heterocycles. The summed E-state index contributed by atoms with van der Waals surface area (Å²) in [5.74, 6) is 0. The Hall–Kier alpha value is -2.55. The van der Waals surface area contributed by atoms with Crippen molar-refractivity contribution in [3.8, 4) is 0 Å². The lowest BCUT2D eigenvalue weighted by Crippen LogP contribution is -2.44. The van der Waals surface area contributed by atoms with E-state index in [-0.39, 0.29) is 6.10 Å². The highest BCUT2D eigenvalue weighted by molar-refractivity contribution is 7.90. The molecule has 0 spiro atoms. The largest absolute Gasteiger partial charge is 0.380 e. The molecule has 32 heavy (non-hydrogen) atoms. The molecule has 0 N–H and O–H groups in total. The minimum absolute atomic E-state index is 0.191. The molecule has 7 nitrogen and oxygen atoms in total. The summed E-state index contributed by atoms with van der Waals surface area (Å²) in [7, 11) is 0.136. The molecular formula is C24H30N4O3S. The van der Waals surface area contributed by atoms with Crippen LogP contribution in [0.15, 0.2) is 59.6 Å². The lowest BCUT2D eigenvalue weighted by atomic mass is 10.2. The Morgan fingerprint density at radius 1 is 0.906 bits per heavy atom. The minimum atomic E-state index is -3.72. The molecule has 1 aromatic heterocycles. The smallest absolute Gasteiger partial charge is 0.268 e. The fourth-order valence-corrected chi connectivity index (χ4v) is 6.06. The van der Waals surface area contributed by atoms with Crippen molar-refractivity contribution in [2.45, 2.75) is 17.4 Å². The number of nitrogens with zero attached hydrogens (tertiary/aromatic N) is 4. The second kappa shape index (κ2) is 8.42. The van der Waals surface area contributed by atoms with Gasteiger partial charge < -0.3 is 19.4 Å². The summed E-state index contributed by atoms with van der Waals surface area (Å²) in [6.07, 6.45) is 2.80. The van der Waals surface area contributed by atoms with E-state index in [1.807, 2.05) is 30.3 Å². The van der Waals surface area contributed by atoms with Crippen molar-refractivity contribution in [3.63, 3.8) is 0 Å². The maximum Gasteiger partial charge on any atom is 0.268 e. The zero-order valence-electron chi connectivity index (χ0n) is 18.6. The van der Waals surface area contributed by atoms with Gasteiger partial charge in [0.1, 0.15) is 0 Å². The summed E-state index contributed by atoms with van der Waals surface area (Å²) in [5, 5.41) is 0.921. The van der Waals surface area contributed by atoms with Crippen LogP contribution in [0.25, 0.3) is 10.9 Å². The molecule has 170 valence electrons. The number of fused-ring (bicyclic) bond motifs is 1. The van der Waals surface area contributed by atoms with Crippen LogP contribution in [0.5, 0.6) is 0 Å². The first-order chi connectivity index (χ1) is 15.5. The SMILES string of the molecule is COC1CCN(c2cccc(S(=O)(=O)n3ccc4ccc(N5CCN(C)CC5)cc43)c2)C1. The molecule has 1 unspecified atom stereocenters. The first kappa shape index (κ1) is 21.3. The second-order valence-electron chi connectivity index (χ2n) is 8.74. The molecule has 2 aromatic carbocycles. The van der Waals surface area contributed by atoms with E-state index in [1.165, 1.54) is 3.97 Å². The molecule has 0 bridgehead atoms. The van der Waals surface area contributed by atoms with Crippen LogP contribution in [-0.4, -0.2) is 76.8 Å². The van der Waals surface area contributed by atoms with Crippen molar-refractivity contribution >= 4 is 32.3 Å². The normalized spacial score (nSPS) is 20.4. The Kier molecular flexibility index (Phi) is 5.61. The van der Waals surface area contributed by atoms with Crippen molar-refractivity contribution in [2.75, 3.05) is 63.2 Å². The van der Waals surface area contributed by atoms with Gasteiger partial charge in [0.25, 0.3) is 10.0 Å². The van der Waals surface area contributed by atoms with Crippen LogP contribution < -0.4 is 9.80 Å². The summed E-state index contributed by atoms with van der Waals surface area (Å²) >= 11 is 0. The molecule has 0 saturated carbocycles. The van der Waals surface area contributed by atoms with Gasteiger partial charge in [0.05, 0.1) is 16.5 Å². The first-order valence-corrected chi connectivity index (χ1v) is 12.6. The lowest BCUT2D eigenvalue weighted by molar-refractivity contribution is 0.121. The van der Waals surface area contributed by atoms with E-state index in [2.05, 4.69) is 27.8 Å². The Labute approximate surface area is 189 Å². The van der Waals surface area contributed by atoms with Crippen molar-refractivity contribution in [3.05, 3.63) is 54.7 Å². The highest BCUT2D eigenvalue weighted by Gasteiger charge is 2.25. The van der Waals surface area contributed by atoms with Gasteiger partial charge in [-0.05, 0) is 49.9 Å². The summed E-state index contributed by atoms with van der Waals surface area (Å²) in [5.41, 5.74) is 2.70. The van der Waals surface area contributed by atoms with Crippen molar-refractivity contribution in [1.82, 2.24) is 8.87 Å². The van der Waals surface area contributed by atoms with E-state index in [1.54, 1.807) is 25.4 Å². The Morgan fingerprint density at radius 3 is 2.44 bits per heavy atom. The van der Waals surface area contributed by atoms with Gasteiger partial charge in [-0.25, -0.2) is 12.4 Å². The number of rotatable bonds is 5. The van der Waals surface area contributed by atoms with Crippen LogP contribution >= 0.6 is 0 Å². The van der Waals surface area contributed by atoms with Gasteiger partial charge in [0, 0.05) is 69.3 Å². The molecule has 2 aliphatic rings. The van der Waals surface area contributed by atoms with Crippen LogP contribution in [-0.2, 0) is 14.8 Å². The third-order valence-electron chi connectivity index (χ3n) is 6.73. The number of hydrogen-bond donors (Lipinski definition) is 0. The number of ether oxygens (including phenoxy) is 1. The van der Waals surface area contributed by atoms with Gasteiger partial charge in [0.15, 0.2) is 0 Å². The Balaban J connectivity index is 1.48. The first-order valence-electron chi connectivity index (χ1n) is 11.1. The topological polar surface area (TPSA) is 58.0 Å². The molecule has 0 aliphatic carbocycles. The standard InChI is InChI=1S/C24H30N4O3S/c1-25-12-14-26(15-13-25)21-7-6-19-8-11-28(24(19)17-21)32(29,30)23-5-3-4-20(16-23)27-10-9-22(18-27)31-2/h3-8,11,16-17,22H,9-10,12-15,18H2,1-2H3. The maximum atomic E-state index is 13.6. The van der Waals surface area contributed by atoms with E-state index >= 15 is 0 Å². The number of likely N-dealkylation sites (N-methyl/N-ethyl adjacent to an activating group) is 1.